The molecule has 2 aromatic rings. The zero-order chi connectivity index (χ0) is 16.4. The van der Waals surface area contributed by atoms with E-state index in [1.165, 1.54) is 5.56 Å². The summed E-state index contributed by atoms with van der Waals surface area (Å²) in [6.45, 7) is 9.14. The minimum absolute atomic E-state index is 0.0769. The van der Waals surface area contributed by atoms with Crippen molar-refractivity contribution in [3.8, 4) is 0 Å². The molecule has 0 radical (unpaired) electrons. The van der Waals surface area contributed by atoms with Crippen LogP contribution in [0.3, 0.4) is 0 Å². The maximum Gasteiger partial charge on any atom is 0.257 e. The minimum Gasteiger partial charge on any atom is -0.466 e. The Morgan fingerprint density at radius 1 is 1.26 bits per heavy atom. The third kappa shape index (κ3) is 3.29. The van der Waals surface area contributed by atoms with Gasteiger partial charge in [0.1, 0.15) is 11.5 Å². The van der Waals surface area contributed by atoms with Crippen molar-refractivity contribution in [1.82, 2.24) is 14.8 Å². The summed E-state index contributed by atoms with van der Waals surface area (Å²) in [5.41, 5.74) is 1.91. The fourth-order valence-electron chi connectivity index (χ4n) is 3.16. The van der Waals surface area contributed by atoms with Gasteiger partial charge in [0.25, 0.3) is 5.91 Å². The van der Waals surface area contributed by atoms with Crippen LogP contribution < -0.4 is 0 Å². The molecular formula is C18H23N3O2. The molecule has 0 N–H and O–H groups in total. The van der Waals surface area contributed by atoms with Gasteiger partial charge in [-0.1, -0.05) is 6.07 Å². The summed E-state index contributed by atoms with van der Waals surface area (Å²) < 4.78 is 5.48. The molecule has 0 aliphatic carbocycles. The van der Waals surface area contributed by atoms with Gasteiger partial charge in [-0.15, -0.1) is 0 Å². The van der Waals surface area contributed by atoms with Crippen molar-refractivity contribution in [1.29, 1.82) is 0 Å². The van der Waals surface area contributed by atoms with Gasteiger partial charge in [-0.05, 0) is 38.5 Å². The lowest BCUT2D eigenvalue weighted by Crippen LogP contribution is -2.49. The van der Waals surface area contributed by atoms with E-state index in [0.717, 1.165) is 31.9 Å². The number of rotatable bonds is 3. The summed E-state index contributed by atoms with van der Waals surface area (Å²) in [6, 6.07) is 6.23. The lowest BCUT2D eigenvalue weighted by atomic mass is 10.1. The average Bonchev–Trinajstić information content (AvgIpc) is 2.93. The van der Waals surface area contributed by atoms with Crippen molar-refractivity contribution < 1.29 is 9.21 Å². The third-order valence-corrected chi connectivity index (χ3v) is 4.59. The van der Waals surface area contributed by atoms with Crippen molar-refractivity contribution >= 4 is 5.91 Å². The number of aryl methyl sites for hydroxylation is 2. The van der Waals surface area contributed by atoms with Crippen LogP contribution in [-0.2, 0) is 0 Å². The maximum atomic E-state index is 12.6. The molecule has 122 valence electrons. The molecule has 5 nitrogen and oxygen atoms in total. The number of nitrogens with zero attached hydrogens (tertiary/aromatic N) is 3. The Hall–Kier alpha value is -2.14. The van der Waals surface area contributed by atoms with E-state index in [2.05, 4.69) is 22.9 Å². The third-order valence-electron chi connectivity index (χ3n) is 4.59. The standard InChI is InChI=1S/C18H23N3O2/c1-13-11-17(15(3)23-13)18(22)21-9-7-20(8-10-21)14(2)16-5-4-6-19-12-16/h4-6,11-12,14H,7-10H2,1-3H3/t14-/m0/s1. The molecule has 0 saturated carbocycles. The first-order valence-electron chi connectivity index (χ1n) is 8.06. The number of furan rings is 1. The van der Waals surface area contributed by atoms with Crippen LogP contribution in [0.15, 0.2) is 35.0 Å². The van der Waals surface area contributed by atoms with E-state index >= 15 is 0 Å². The SMILES string of the molecule is Cc1cc(C(=O)N2CCN([C@@H](C)c3cccnc3)CC2)c(C)o1. The molecule has 1 aliphatic heterocycles. The van der Waals surface area contributed by atoms with Crippen LogP contribution in [0.2, 0.25) is 0 Å². The second-order valence-electron chi connectivity index (χ2n) is 6.12. The Labute approximate surface area is 136 Å². The van der Waals surface area contributed by atoms with Crippen molar-refractivity contribution in [2.45, 2.75) is 26.8 Å². The van der Waals surface area contributed by atoms with Gasteiger partial charge < -0.3 is 9.32 Å². The Morgan fingerprint density at radius 2 is 2.00 bits per heavy atom. The maximum absolute atomic E-state index is 12.6. The fraction of sp³-hybridized carbons (Fsp3) is 0.444. The van der Waals surface area contributed by atoms with E-state index in [4.69, 9.17) is 4.42 Å². The van der Waals surface area contributed by atoms with Crippen molar-refractivity contribution in [3.05, 3.63) is 53.2 Å². The first-order valence-corrected chi connectivity index (χ1v) is 8.06. The smallest absolute Gasteiger partial charge is 0.257 e. The van der Waals surface area contributed by atoms with Crippen LogP contribution >= 0.6 is 0 Å². The molecule has 0 unspecified atom stereocenters. The van der Waals surface area contributed by atoms with Gasteiger partial charge in [-0.25, -0.2) is 0 Å². The van der Waals surface area contributed by atoms with Crippen LogP contribution in [0, 0.1) is 13.8 Å². The van der Waals surface area contributed by atoms with Gasteiger partial charge >= 0.3 is 0 Å². The van der Waals surface area contributed by atoms with E-state index in [-0.39, 0.29) is 5.91 Å². The van der Waals surface area contributed by atoms with Crippen LogP contribution in [0.1, 0.15) is 40.4 Å². The van der Waals surface area contributed by atoms with Crippen LogP contribution in [0.4, 0.5) is 0 Å². The molecule has 2 aromatic heterocycles. The normalized spacial score (nSPS) is 17.3. The van der Waals surface area contributed by atoms with Crippen molar-refractivity contribution in [3.63, 3.8) is 0 Å². The fourth-order valence-corrected chi connectivity index (χ4v) is 3.16. The summed E-state index contributed by atoms with van der Waals surface area (Å²) in [4.78, 5) is 21.1. The monoisotopic (exact) mass is 313 g/mol. The van der Waals surface area contributed by atoms with E-state index in [9.17, 15) is 4.79 Å². The van der Waals surface area contributed by atoms with Crippen LogP contribution in [-0.4, -0.2) is 46.9 Å². The average molecular weight is 313 g/mol. The van der Waals surface area contributed by atoms with E-state index in [1.54, 1.807) is 6.20 Å². The highest BCUT2D eigenvalue weighted by atomic mass is 16.3. The molecule has 1 saturated heterocycles. The highest BCUT2D eigenvalue weighted by molar-refractivity contribution is 5.95. The molecule has 3 heterocycles. The highest BCUT2D eigenvalue weighted by Crippen LogP contribution is 2.22. The lowest BCUT2D eigenvalue weighted by molar-refractivity contribution is 0.0580. The molecule has 23 heavy (non-hydrogen) atoms. The lowest BCUT2D eigenvalue weighted by Gasteiger charge is -2.38. The van der Waals surface area contributed by atoms with E-state index < -0.39 is 0 Å². The molecule has 1 fully saturated rings. The zero-order valence-electron chi connectivity index (χ0n) is 14.0. The predicted molar refractivity (Wildman–Crippen MR) is 88.3 cm³/mol. The Bertz CT molecular complexity index is 673. The predicted octanol–water partition coefficient (Wildman–Crippen LogP) is 2.81. The Kier molecular flexibility index (Phi) is 4.48. The number of carbonyl (C=O) groups is 1. The second-order valence-corrected chi connectivity index (χ2v) is 6.12. The van der Waals surface area contributed by atoms with E-state index in [0.29, 0.717) is 17.4 Å². The highest BCUT2D eigenvalue weighted by Gasteiger charge is 2.27. The van der Waals surface area contributed by atoms with E-state index in [1.807, 2.05) is 37.1 Å². The molecule has 0 bridgehead atoms. The topological polar surface area (TPSA) is 49.6 Å². The first kappa shape index (κ1) is 15.7. The number of piperazine rings is 1. The summed E-state index contributed by atoms with van der Waals surface area (Å²) >= 11 is 0. The largest absolute Gasteiger partial charge is 0.466 e. The van der Waals surface area contributed by atoms with Gasteiger partial charge in [-0.3, -0.25) is 14.7 Å². The molecule has 0 spiro atoms. The summed E-state index contributed by atoms with van der Waals surface area (Å²) in [5, 5.41) is 0. The number of hydrogen-bond acceptors (Lipinski definition) is 4. The van der Waals surface area contributed by atoms with Crippen LogP contribution in [0.5, 0.6) is 0 Å². The molecule has 5 heteroatoms. The number of amides is 1. The molecule has 3 rings (SSSR count). The summed E-state index contributed by atoms with van der Waals surface area (Å²) in [5.74, 6) is 1.57. The molecule has 0 aromatic carbocycles. The number of aromatic nitrogens is 1. The Morgan fingerprint density at radius 3 is 2.57 bits per heavy atom. The zero-order valence-corrected chi connectivity index (χ0v) is 14.0. The molecular weight excluding hydrogens is 290 g/mol. The van der Waals surface area contributed by atoms with Gasteiger partial charge in [0.2, 0.25) is 0 Å². The van der Waals surface area contributed by atoms with Gasteiger partial charge in [-0.2, -0.15) is 0 Å². The second kappa shape index (κ2) is 6.54. The molecule has 1 atom stereocenters. The minimum atomic E-state index is 0.0769. The molecule has 1 aliphatic rings. The van der Waals surface area contributed by atoms with Crippen LogP contribution in [0.25, 0.3) is 0 Å². The number of pyridine rings is 1. The number of hydrogen-bond donors (Lipinski definition) is 0. The number of carbonyl (C=O) groups excluding carboxylic acids is 1. The summed E-state index contributed by atoms with van der Waals surface area (Å²) in [6.07, 6.45) is 3.71. The Balaban J connectivity index is 1.62. The van der Waals surface area contributed by atoms with Gasteiger partial charge in [0, 0.05) is 44.6 Å². The molecule has 1 amide bonds. The van der Waals surface area contributed by atoms with Crippen molar-refractivity contribution in [2.24, 2.45) is 0 Å². The van der Waals surface area contributed by atoms with Crippen molar-refractivity contribution in [2.75, 3.05) is 26.2 Å². The summed E-state index contributed by atoms with van der Waals surface area (Å²) in [7, 11) is 0. The first-order chi connectivity index (χ1) is 11.1. The van der Waals surface area contributed by atoms with Gasteiger partial charge in [0.15, 0.2) is 0 Å². The van der Waals surface area contributed by atoms with Gasteiger partial charge in [0.05, 0.1) is 5.56 Å². The quantitative estimate of drug-likeness (QED) is 0.874.